The second-order valence-electron chi connectivity index (χ2n) is 5.11. The lowest BCUT2D eigenvalue weighted by Crippen LogP contribution is -2.12. The maximum absolute atomic E-state index is 12.7. The fourth-order valence-electron chi connectivity index (χ4n) is 2.39. The summed E-state index contributed by atoms with van der Waals surface area (Å²) in [6.45, 7) is 4.83. The maximum Gasteiger partial charge on any atom is 0.170 e. The molecule has 110 valence electrons. The third-order valence-corrected chi connectivity index (χ3v) is 3.54. The highest BCUT2D eigenvalue weighted by atomic mass is 16.5. The van der Waals surface area contributed by atoms with Gasteiger partial charge < -0.3 is 4.74 Å². The normalized spacial score (nSPS) is 11.9. The second kappa shape index (κ2) is 7.63. The maximum atomic E-state index is 12.7. The average molecular weight is 282 g/mol. The summed E-state index contributed by atoms with van der Waals surface area (Å²) in [6.07, 6.45) is 1.78. The predicted octanol–water partition coefficient (Wildman–Crippen LogP) is 4.85. The molecule has 0 spiro atoms. The number of rotatable bonds is 7. The van der Waals surface area contributed by atoms with Crippen LogP contribution in [0.2, 0.25) is 0 Å². The molecule has 0 aliphatic carbocycles. The molecule has 0 amide bonds. The molecule has 0 aromatic heterocycles. The molecule has 2 aromatic rings. The van der Waals surface area contributed by atoms with E-state index in [1.807, 2.05) is 61.5 Å². The minimum absolute atomic E-state index is 0.0754. The van der Waals surface area contributed by atoms with Crippen LogP contribution in [0.3, 0.4) is 0 Å². The van der Waals surface area contributed by atoms with Crippen molar-refractivity contribution in [3.8, 4) is 5.75 Å². The molecule has 0 heterocycles. The summed E-state index contributed by atoms with van der Waals surface area (Å²) in [5.74, 6) is 0.917. The van der Waals surface area contributed by atoms with Crippen LogP contribution in [0.15, 0.2) is 54.6 Å². The van der Waals surface area contributed by atoms with Crippen molar-refractivity contribution in [2.45, 2.75) is 32.6 Å². The fraction of sp³-hybridized carbons (Fsp3) is 0.316. The number of carbonyl (C=O) groups is 1. The van der Waals surface area contributed by atoms with Crippen LogP contribution in [-0.2, 0) is 0 Å². The standard InChI is InChI=1S/C19H22O2/c1-3-14-21-17-12-10-16(11-13-17)19(20)18(4-2)15-8-6-5-7-9-15/h5-13,18H,3-4,14H2,1-2H3. The average Bonchev–Trinajstić information content (AvgIpc) is 2.55. The van der Waals surface area contributed by atoms with E-state index in [0.717, 1.165) is 29.7 Å². The molecule has 0 saturated heterocycles. The van der Waals surface area contributed by atoms with E-state index in [-0.39, 0.29) is 11.7 Å². The number of carbonyl (C=O) groups excluding carboxylic acids is 1. The van der Waals surface area contributed by atoms with Crippen molar-refractivity contribution in [3.63, 3.8) is 0 Å². The van der Waals surface area contributed by atoms with E-state index in [1.54, 1.807) is 0 Å². The predicted molar refractivity (Wildman–Crippen MR) is 86.0 cm³/mol. The lowest BCUT2D eigenvalue weighted by molar-refractivity contribution is 0.0957. The van der Waals surface area contributed by atoms with Crippen molar-refractivity contribution < 1.29 is 9.53 Å². The van der Waals surface area contributed by atoms with Crippen LogP contribution in [0.1, 0.15) is 48.5 Å². The SMILES string of the molecule is CCCOc1ccc(C(=O)C(CC)c2ccccc2)cc1. The molecule has 0 bridgehead atoms. The number of hydrogen-bond acceptors (Lipinski definition) is 2. The van der Waals surface area contributed by atoms with Crippen molar-refractivity contribution in [1.29, 1.82) is 0 Å². The van der Waals surface area contributed by atoms with Crippen LogP contribution in [0.5, 0.6) is 5.75 Å². The number of hydrogen-bond donors (Lipinski definition) is 0. The van der Waals surface area contributed by atoms with Crippen LogP contribution in [0, 0.1) is 0 Å². The van der Waals surface area contributed by atoms with E-state index in [2.05, 4.69) is 6.92 Å². The van der Waals surface area contributed by atoms with E-state index >= 15 is 0 Å². The Morgan fingerprint density at radius 3 is 2.24 bits per heavy atom. The number of ether oxygens (including phenoxy) is 1. The molecule has 2 rings (SSSR count). The van der Waals surface area contributed by atoms with E-state index in [9.17, 15) is 4.79 Å². The quantitative estimate of drug-likeness (QED) is 0.678. The van der Waals surface area contributed by atoms with Gasteiger partial charge in [-0.1, -0.05) is 44.2 Å². The van der Waals surface area contributed by atoms with Crippen LogP contribution in [0.4, 0.5) is 0 Å². The molecule has 21 heavy (non-hydrogen) atoms. The van der Waals surface area contributed by atoms with Crippen molar-refractivity contribution in [2.24, 2.45) is 0 Å². The molecule has 0 fully saturated rings. The van der Waals surface area contributed by atoms with Gasteiger partial charge in [0.2, 0.25) is 0 Å². The van der Waals surface area contributed by atoms with Crippen molar-refractivity contribution in [2.75, 3.05) is 6.61 Å². The van der Waals surface area contributed by atoms with Gasteiger partial charge in [-0.15, -0.1) is 0 Å². The zero-order chi connectivity index (χ0) is 15.1. The van der Waals surface area contributed by atoms with Crippen molar-refractivity contribution in [1.82, 2.24) is 0 Å². The van der Waals surface area contributed by atoms with E-state index in [1.165, 1.54) is 0 Å². The van der Waals surface area contributed by atoms with Gasteiger partial charge in [0.1, 0.15) is 5.75 Å². The topological polar surface area (TPSA) is 26.3 Å². The van der Waals surface area contributed by atoms with Gasteiger partial charge in [-0.3, -0.25) is 4.79 Å². The Labute approximate surface area is 126 Å². The highest BCUT2D eigenvalue weighted by molar-refractivity contribution is 6.01. The lowest BCUT2D eigenvalue weighted by Gasteiger charge is -2.14. The van der Waals surface area contributed by atoms with Crippen LogP contribution < -0.4 is 4.74 Å². The van der Waals surface area contributed by atoms with Crippen LogP contribution >= 0.6 is 0 Å². The molecular weight excluding hydrogens is 260 g/mol. The van der Waals surface area contributed by atoms with Crippen LogP contribution in [-0.4, -0.2) is 12.4 Å². The summed E-state index contributed by atoms with van der Waals surface area (Å²) >= 11 is 0. The largest absolute Gasteiger partial charge is 0.494 e. The molecule has 0 N–H and O–H groups in total. The first-order chi connectivity index (χ1) is 10.3. The van der Waals surface area contributed by atoms with E-state index in [4.69, 9.17) is 4.74 Å². The van der Waals surface area contributed by atoms with Gasteiger partial charge in [0.25, 0.3) is 0 Å². The zero-order valence-electron chi connectivity index (χ0n) is 12.7. The summed E-state index contributed by atoms with van der Waals surface area (Å²) in [7, 11) is 0. The molecule has 0 saturated carbocycles. The zero-order valence-corrected chi connectivity index (χ0v) is 12.7. The summed E-state index contributed by atoms with van der Waals surface area (Å²) in [6, 6.07) is 17.4. The Kier molecular flexibility index (Phi) is 5.56. The Bertz CT molecular complexity index is 558. The van der Waals surface area contributed by atoms with Crippen molar-refractivity contribution in [3.05, 3.63) is 65.7 Å². The van der Waals surface area contributed by atoms with Gasteiger partial charge in [-0.2, -0.15) is 0 Å². The molecular formula is C19H22O2. The molecule has 2 aromatic carbocycles. The van der Waals surface area contributed by atoms with Gasteiger partial charge in [0, 0.05) is 11.5 Å². The second-order valence-corrected chi connectivity index (χ2v) is 5.11. The Morgan fingerprint density at radius 1 is 1.00 bits per heavy atom. The molecule has 1 unspecified atom stereocenters. The smallest absolute Gasteiger partial charge is 0.170 e. The van der Waals surface area contributed by atoms with Gasteiger partial charge in [-0.05, 0) is 42.7 Å². The minimum Gasteiger partial charge on any atom is -0.494 e. The Morgan fingerprint density at radius 2 is 1.67 bits per heavy atom. The number of ketones is 1. The molecule has 2 nitrogen and oxygen atoms in total. The highest BCUT2D eigenvalue weighted by Gasteiger charge is 2.19. The first-order valence-corrected chi connectivity index (χ1v) is 7.58. The fourth-order valence-corrected chi connectivity index (χ4v) is 2.39. The molecule has 0 aliphatic rings. The third-order valence-electron chi connectivity index (χ3n) is 3.54. The Balaban J connectivity index is 2.14. The molecule has 0 radical (unpaired) electrons. The summed E-state index contributed by atoms with van der Waals surface area (Å²) in [4.78, 5) is 12.7. The monoisotopic (exact) mass is 282 g/mol. The van der Waals surface area contributed by atoms with Gasteiger partial charge in [0.05, 0.1) is 6.61 Å². The van der Waals surface area contributed by atoms with Crippen molar-refractivity contribution >= 4 is 5.78 Å². The summed E-state index contributed by atoms with van der Waals surface area (Å²) < 4.78 is 5.55. The molecule has 0 aliphatic heterocycles. The number of benzene rings is 2. The Hall–Kier alpha value is -2.09. The van der Waals surface area contributed by atoms with E-state index in [0.29, 0.717) is 6.61 Å². The van der Waals surface area contributed by atoms with Gasteiger partial charge in [-0.25, -0.2) is 0 Å². The third kappa shape index (κ3) is 3.94. The molecule has 1 atom stereocenters. The van der Waals surface area contributed by atoms with Crippen LogP contribution in [0.25, 0.3) is 0 Å². The summed E-state index contributed by atoms with van der Waals surface area (Å²) in [5, 5.41) is 0. The molecule has 2 heteroatoms. The lowest BCUT2D eigenvalue weighted by atomic mass is 9.89. The summed E-state index contributed by atoms with van der Waals surface area (Å²) in [5.41, 5.74) is 1.82. The first kappa shape index (κ1) is 15.3. The number of Topliss-reactive ketones (excluding diaryl/α,β-unsaturated/α-hetero) is 1. The first-order valence-electron chi connectivity index (χ1n) is 7.58. The van der Waals surface area contributed by atoms with Gasteiger partial charge >= 0.3 is 0 Å². The van der Waals surface area contributed by atoms with E-state index < -0.39 is 0 Å². The highest BCUT2D eigenvalue weighted by Crippen LogP contribution is 2.25. The minimum atomic E-state index is -0.0754. The van der Waals surface area contributed by atoms with Gasteiger partial charge in [0.15, 0.2) is 5.78 Å².